The summed E-state index contributed by atoms with van der Waals surface area (Å²) >= 11 is 0. The maximum absolute atomic E-state index is 6.08. The van der Waals surface area contributed by atoms with Crippen LogP contribution in [0.15, 0.2) is 59.6 Å². The SMILES string of the molecule is COc1ccc([C@@H]2Cn3cnc(-c4nc(-c5ccncc5)no4)c3CO2)cc1. The first kappa shape index (κ1) is 16.6. The minimum absolute atomic E-state index is 0.0458. The van der Waals surface area contributed by atoms with E-state index in [2.05, 4.69) is 24.7 Å². The molecule has 1 aromatic carbocycles. The molecule has 0 radical (unpaired) electrons. The zero-order valence-electron chi connectivity index (χ0n) is 15.1. The van der Waals surface area contributed by atoms with E-state index < -0.39 is 0 Å². The van der Waals surface area contributed by atoms with Crippen LogP contribution in [0, 0.1) is 0 Å². The number of imidazole rings is 1. The Labute approximate surface area is 160 Å². The van der Waals surface area contributed by atoms with Crippen LogP contribution in [-0.2, 0) is 17.9 Å². The summed E-state index contributed by atoms with van der Waals surface area (Å²) in [4.78, 5) is 13.0. The quantitative estimate of drug-likeness (QED) is 0.541. The third-order valence-corrected chi connectivity index (χ3v) is 4.78. The molecule has 0 spiro atoms. The summed E-state index contributed by atoms with van der Waals surface area (Å²) < 4.78 is 18.8. The first-order valence-electron chi connectivity index (χ1n) is 8.86. The van der Waals surface area contributed by atoms with Gasteiger partial charge in [-0.05, 0) is 29.8 Å². The molecule has 0 bridgehead atoms. The zero-order valence-corrected chi connectivity index (χ0v) is 15.1. The standard InChI is InChI=1S/C20H17N5O3/c1-26-15-4-2-13(3-5-15)17-10-25-12-22-18(16(25)11-27-17)20-23-19(24-28-20)14-6-8-21-9-7-14/h2-9,12,17H,10-11H2,1H3/t17-/m0/s1. The highest BCUT2D eigenvalue weighted by atomic mass is 16.5. The fraction of sp³-hybridized carbons (Fsp3) is 0.200. The van der Waals surface area contributed by atoms with Crippen molar-refractivity contribution in [2.45, 2.75) is 19.3 Å². The van der Waals surface area contributed by atoms with Crippen molar-refractivity contribution in [3.8, 4) is 28.7 Å². The molecule has 1 atom stereocenters. The summed E-state index contributed by atoms with van der Waals surface area (Å²) in [7, 11) is 1.66. The molecule has 5 rings (SSSR count). The number of rotatable bonds is 4. The van der Waals surface area contributed by atoms with Crippen molar-refractivity contribution in [2.75, 3.05) is 7.11 Å². The summed E-state index contributed by atoms with van der Waals surface area (Å²) in [6.07, 6.45) is 5.13. The van der Waals surface area contributed by atoms with E-state index in [0.29, 0.717) is 30.6 Å². The Kier molecular flexibility index (Phi) is 4.10. The van der Waals surface area contributed by atoms with Crippen LogP contribution in [0.4, 0.5) is 0 Å². The lowest BCUT2D eigenvalue weighted by Gasteiger charge is -2.25. The number of hydrogen-bond acceptors (Lipinski definition) is 7. The van der Waals surface area contributed by atoms with Crippen LogP contribution >= 0.6 is 0 Å². The van der Waals surface area contributed by atoms with Gasteiger partial charge in [0, 0.05) is 18.0 Å². The van der Waals surface area contributed by atoms with Gasteiger partial charge in [0.1, 0.15) is 11.9 Å². The molecule has 28 heavy (non-hydrogen) atoms. The predicted molar refractivity (Wildman–Crippen MR) is 99.3 cm³/mol. The van der Waals surface area contributed by atoms with Gasteiger partial charge >= 0.3 is 0 Å². The molecule has 1 aliphatic heterocycles. The molecule has 3 aromatic heterocycles. The van der Waals surface area contributed by atoms with Crippen molar-refractivity contribution in [1.29, 1.82) is 0 Å². The van der Waals surface area contributed by atoms with Crippen LogP contribution in [0.1, 0.15) is 17.4 Å². The Bertz CT molecular complexity index is 1090. The molecule has 140 valence electrons. The van der Waals surface area contributed by atoms with Gasteiger partial charge < -0.3 is 18.6 Å². The molecule has 1 aliphatic rings. The average Bonchev–Trinajstić information content (AvgIpc) is 3.41. The Morgan fingerprint density at radius 1 is 1.11 bits per heavy atom. The van der Waals surface area contributed by atoms with Gasteiger partial charge in [0.15, 0.2) is 5.69 Å². The highest BCUT2D eigenvalue weighted by molar-refractivity contribution is 5.58. The van der Waals surface area contributed by atoms with E-state index >= 15 is 0 Å². The molecule has 0 saturated carbocycles. The van der Waals surface area contributed by atoms with Gasteiger partial charge in [-0.15, -0.1) is 0 Å². The van der Waals surface area contributed by atoms with Gasteiger partial charge in [0.25, 0.3) is 5.89 Å². The molecule has 8 heteroatoms. The average molecular weight is 375 g/mol. The largest absolute Gasteiger partial charge is 0.497 e. The number of methoxy groups -OCH3 is 1. The topological polar surface area (TPSA) is 88.1 Å². The van der Waals surface area contributed by atoms with E-state index in [0.717, 1.165) is 22.6 Å². The Balaban J connectivity index is 1.39. The van der Waals surface area contributed by atoms with Crippen LogP contribution in [0.25, 0.3) is 23.0 Å². The molecule has 4 heterocycles. The second-order valence-corrected chi connectivity index (χ2v) is 6.42. The Morgan fingerprint density at radius 3 is 2.71 bits per heavy atom. The molecule has 0 N–H and O–H groups in total. The summed E-state index contributed by atoms with van der Waals surface area (Å²) in [5, 5.41) is 4.05. The lowest BCUT2D eigenvalue weighted by atomic mass is 10.1. The van der Waals surface area contributed by atoms with E-state index in [1.807, 2.05) is 36.4 Å². The van der Waals surface area contributed by atoms with Gasteiger partial charge in [-0.1, -0.05) is 17.3 Å². The number of aromatic nitrogens is 5. The molecule has 0 unspecified atom stereocenters. The van der Waals surface area contributed by atoms with Crippen LogP contribution in [0.2, 0.25) is 0 Å². The Hall–Kier alpha value is -3.52. The van der Waals surface area contributed by atoms with Gasteiger partial charge in [-0.25, -0.2) is 4.98 Å². The smallest absolute Gasteiger partial charge is 0.278 e. The fourth-order valence-electron chi connectivity index (χ4n) is 3.26. The minimum Gasteiger partial charge on any atom is -0.497 e. The molecule has 0 fully saturated rings. The number of nitrogens with zero attached hydrogens (tertiary/aromatic N) is 5. The summed E-state index contributed by atoms with van der Waals surface area (Å²) in [6, 6.07) is 11.6. The monoisotopic (exact) mass is 375 g/mol. The van der Waals surface area contributed by atoms with E-state index in [4.69, 9.17) is 14.0 Å². The van der Waals surface area contributed by atoms with Crippen LogP contribution in [-0.4, -0.2) is 31.8 Å². The second kappa shape index (κ2) is 6.90. The van der Waals surface area contributed by atoms with E-state index in [-0.39, 0.29) is 6.10 Å². The fourth-order valence-corrected chi connectivity index (χ4v) is 3.26. The van der Waals surface area contributed by atoms with Crippen molar-refractivity contribution in [1.82, 2.24) is 24.7 Å². The first-order chi connectivity index (χ1) is 13.8. The van der Waals surface area contributed by atoms with Gasteiger partial charge in [0.2, 0.25) is 5.82 Å². The van der Waals surface area contributed by atoms with Gasteiger partial charge in [-0.3, -0.25) is 4.98 Å². The van der Waals surface area contributed by atoms with Crippen molar-refractivity contribution in [3.05, 3.63) is 66.4 Å². The maximum atomic E-state index is 6.08. The number of fused-ring (bicyclic) bond motifs is 1. The lowest BCUT2D eigenvalue weighted by molar-refractivity contribution is 0.00328. The van der Waals surface area contributed by atoms with Crippen molar-refractivity contribution in [3.63, 3.8) is 0 Å². The molecule has 0 saturated heterocycles. The summed E-state index contributed by atoms with van der Waals surface area (Å²) in [5.74, 6) is 1.71. The van der Waals surface area contributed by atoms with E-state index in [1.54, 1.807) is 25.8 Å². The third kappa shape index (κ3) is 2.93. The minimum atomic E-state index is -0.0458. The zero-order chi connectivity index (χ0) is 18.9. The predicted octanol–water partition coefficient (Wildman–Crippen LogP) is 3.28. The molecule has 4 aromatic rings. The van der Waals surface area contributed by atoms with Crippen LogP contribution < -0.4 is 4.74 Å². The number of hydrogen-bond donors (Lipinski definition) is 0. The molecular formula is C20H17N5O3. The first-order valence-corrected chi connectivity index (χ1v) is 8.86. The third-order valence-electron chi connectivity index (χ3n) is 4.78. The van der Waals surface area contributed by atoms with Gasteiger partial charge in [-0.2, -0.15) is 4.98 Å². The summed E-state index contributed by atoms with van der Waals surface area (Å²) in [6.45, 7) is 1.08. The normalized spacial score (nSPS) is 16.0. The maximum Gasteiger partial charge on any atom is 0.278 e. The Morgan fingerprint density at radius 2 is 1.93 bits per heavy atom. The second-order valence-electron chi connectivity index (χ2n) is 6.42. The number of ether oxygens (including phenoxy) is 2. The molecule has 8 nitrogen and oxygen atoms in total. The van der Waals surface area contributed by atoms with Crippen LogP contribution in [0.3, 0.4) is 0 Å². The number of benzene rings is 1. The lowest BCUT2D eigenvalue weighted by Crippen LogP contribution is -2.20. The van der Waals surface area contributed by atoms with Crippen molar-refractivity contribution < 1.29 is 14.0 Å². The molecular weight excluding hydrogens is 358 g/mol. The van der Waals surface area contributed by atoms with Crippen molar-refractivity contribution in [2.24, 2.45) is 0 Å². The van der Waals surface area contributed by atoms with Crippen LogP contribution in [0.5, 0.6) is 5.75 Å². The highest BCUT2D eigenvalue weighted by Crippen LogP contribution is 2.32. The molecule has 0 amide bonds. The van der Waals surface area contributed by atoms with Crippen molar-refractivity contribution >= 4 is 0 Å². The molecule has 0 aliphatic carbocycles. The summed E-state index contributed by atoms with van der Waals surface area (Å²) in [5.41, 5.74) is 3.52. The van der Waals surface area contributed by atoms with Gasteiger partial charge in [0.05, 0.1) is 32.3 Å². The van der Waals surface area contributed by atoms with E-state index in [1.165, 1.54) is 0 Å². The highest BCUT2D eigenvalue weighted by Gasteiger charge is 2.26. The van der Waals surface area contributed by atoms with E-state index in [9.17, 15) is 0 Å². The number of pyridine rings is 1.